The molecule has 0 unspecified atom stereocenters. The topological polar surface area (TPSA) is 79.7 Å². The molecule has 1 aromatic heterocycles. The maximum Gasteiger partial charge on any atom is 0.337 e. The third-order valence-electron chi connectivity index (χ3n) is 2.75. The van der Waals surface area contributed by atoms with Crippen molar-refractivity contribution in [3.8, 4) is 16.9 Å². The van der Waals surface area contributed by atoms with Crippen LogP contribution in [0.15, 0.2) is 36.5 Å². The summed E-state index contributed by atoms with van der Waals surface area (Å²) in [5.74, 6) is -0.502. The largest absolute Gasteiger partial charge is 0.496 e. The van der Waals surface area contributed by atoms with Gasteiger partial charge in [0, 0.05) is 17.3 Å². The van der Waals surface area contributed by atoms with E-state index in [0.29, 0.717) is 22.6 Å². The van der Waals surface area contributed by atoms with Crippen molar-refractivity contribution >= 4 is 5.97 Å². The monoisotopic (exact) mass is 259 g/mol. The van der Waals surface area contributed by atoms with Gasteiger partial charge in [0.15, 0.2) is 0 Å². The second kappa shape index (κ2) is 5.49. The minimum absolute atomic E-state index is 0.0710. The number of rotatable bonds is 4. The van der Waals surface area contributed by atoms with Crippen LogP contribution in [0.3, 0.4) is 0 Å². The Morgan fingerprint density at radius 1 is 1.32 bits per heavy atom. The van der Waals surface area contributed by atoms with E-state index in [-0.39, 0.29) is 12.2 Å². The van der Waals surface area contributed by atoms with Gasteiger partial charge >= 0.3 is 5.97 Å². The predicted octanol–water partition coefficient (Wildman–Crippen LogP) is 1.95. The fraction of sp³-hybridized carbons (Fsp3) is 0.143. The maximum absolute atomic E-state index is 11.3. The predicted molar refractivity (Wildman–Crippen MR) is 69.1 cm³/mol. The van der Waals surface area contributed by atoms with Gasteiger partial charge in [-0.2, -0.15) is 0 Å². The molecular weight excluding hydrogens is 246 g/mol. The number of para-hydroxylation sites is 1. The Labute approximate surface area is 110 Å². The second-order valence-electron chi connectivity index (χ2n) is 3.88. The van der Waals surface area contributed by atoms with Crippen molar-refractivity contribution in [2.75, 3.05) is 7.11 Å². The van der Waals surface area contributed by atoms with Crippen LogP contribution in [-0.2, 0) is 6.61 Å². The number of ether oxygens (including phenoxy) is 1. The van der Waals surface area contributed by atoms with Gasteiger partial charge in [0.2, 0.25) is 0 Å². The van der Waals surface area contributed by atoms with Crippen molar-refractivity contribution in [1.29, 1.82) is 0 Å². The van der Waals surface area contributed by atoms with Gasteiger partial charge in [0.25, 0.3) is 0 Å². The smallest absolute Gasteiger partial charge is 0.337 e. The number of aromatic carboxylic acids is 1. The summed E-state index contributed by atoms with van der Waals surface area (Å²) in [5.41, 5.74) is 1.61. The highest BCUT2D eigenvalue weighted by atomic mass is 16.5. The number of hydrogen-bond donors (Lipinski definition) is 2. The number of benzene rings is 1. The number of pyridine rings is 1. The normalized spacial score (nSPS) is 10.2. The minimum Gasteiger partial charge on any atom is -0.496 e. The number of aromatic nitrogens is 1. The van der Waals surface area contributed by atoms with Gasteiger partial charge in [-0.1, -0.05) is 18.2 Å². The van der Waals surface area contributed by atoms with Gasteiger partial charge in [-0.3, -0.25) is 4.98 Å². The number of hydrogen-bond acceptors (Lipinski definition) is 4. The molecule has 98 valence electrons. The molecule has 0 amide bonds. The zero-order valence-electron chi connectivity index (χ0n) is 10.3. The molecular formula is C14H13NO4. The van der Waals surface area contributed by atoms with Crippen LogP contribution in [0.5, 0.6) is 5.75 Å². The average molecular weight is 259 g/mol. The lowest BCUT2D eigenvalue weighted by atomic mass is 9.99. The van der Waals surface area contributed by atoms with E-state index in [4.69, 9.17) is 9.84 Å². The third-order valence-corrected chi connectivity index (χ3v) is 2.75. The first kappa shape index (κ1) is 13.0. The number of carboxylic acids is 1. The number of carboxylic acid groups (broad SMARTS) is 1. The molecule has 0 aliphatic heterocycles. The Balaban J connectivity index is 2.68. The lowest BCUT2D eigenvalue weighted by Crippen LogP contribution is -2.03. The van der Waals surface area contributed by atoms with Crippen molar-refractivity contribution in [3.05, 3.63) is 47.8 Å². The van der Waals surface area contributed by atoms with Crippen LogP contribution in [0.25, 0.3) is 11.1 Å². The molecule has 0 saturated carbocycles. The molecule has 0 saturated heterocycles. The Morgan fingerprint density at radius 3 is 2.68 bits per heavy atom. The number of carbonyl (C=O) groups is 1. The van der Waals surface area contributed by atoms with Crippen LogP contribution in [-0.4, -0.2) is 28.3 Å². The summed E-state index contributed by atoms with van der Waals surface area (Å²) in [4.78, 5) is 15.1. The molecule has 1 heterocycles. The second-order valence-corrected chi connectivity index (χ2v) is 3.88. The van der Waals surface area contributed by atoms with E-state index in [2.05, 4.69) is 4.98 Å². The molecule has 0 aliphatic rings. The fourth-order valence-corrected chi connectivity index (χ4v) is 1.85. The van der Waals surface area contributed by atoms with Gasteiger partial charge in [-0.15, -0.1) is 0 Å². The summed E-state index contributed by atoms with van der Waals surface area (Å²) in [6, 6.07) is 8.67. The Hall–Kier alpha value is -2.40. The summed E-state index contributed by atoms with van der Waals surface area (Å²) >= 11 is 0. The van der Waals surface area contributed by atoms with Gasteiger partial charge < -0.3 is 14.9 Å². The quantitative estimate of drug-likeness (QED) is 0.877. The van der Waals surface area contributed by atoms with Gasteiger partial charge in [-0.25, -0.2) is 4.79 Å². The molecule has 0 bridgehead atoms. The summed E-state index contributed by atoms with van der Waals surface area (Å²) < 4.78 is 5.23. The molecule has 1 aromatic carbocycles. The molecule has 19 heavy (non-hydrogen) atoms. The van der Waals surface area contributed by atoms with Gasteiger partial charge in [0.05, 0.1) is 25.0 Å². The third kappa shape index (κ3) is 2.56. The highest BCUT2D eigenvalue weighted by molar-refractivity contribution is 5.96. The summed E-state index contributed by atoms with van der Waals surface area (Å²) in [7, 11) is 1.52. The van der Waals surface area contributed by atoms with Gasteiger partial charge in [0.1, 0.15) is 5.75 Å². The van der Waals surface area contributed by atoms with Gasteiger partial charge in [-0.05, 0) is 12.1 Å². The lowest BCUT2D eigenvalue weighted by Gasteiger charge is -2.11. The maximum atomic E-state index is 11.3. The number of methoxy groups -OCH3 is 1. The number of aliphatic hydroxyl groups is 1. The first-order chi connectivity index (χ1) is 9.17. The molecule has 2 aromatic rings. The molecule has 5 nitrogen and oxygen atoms in total. The van der Waals surface area contributed by atoms with E-state index in [0.717, 1.165) is 0 Å². The highest BCUT2D eigenvalue weighted by Crippen LogP contribution is 2.32. The molecule has 5 heteroatoms. The standard InChI is InChI=1S/C14H13NO4/c1-19-13-5-3-2-4-10(13)11-6-9(8-16)15-7-12(11)14(17)18/h2-7,16H,8H2,1H3,(H,17,18). The molecule has 0 aliphatic carbocycles. The zero-order valence-corrected chi connectivity index (χ0v) is 10.3. The number of aliphatic hydroxyl groups excluding tert-OH is 1. The van der Waals surface area contributed by atoms with Crippen molar-refractivity contribution in [2.45, 2.75) is 6.61 Å². The van der Waals surface area contributed by atoms with E-state index >= 15 is 0 Å². The summed E-state index contributed by atoms with van der Waals surface area (Å²) in [5, 5.41) is 18.3. The van der Waals surface area contributed by atoms with E-state index in [1.54, 1.807) is 30.3 Å². The van der Waals surface area contributed by atoms with E-state index in [1.807, 2.05) is 0 Å². The lowest BCUT2D eigenvalue weighted by molar-refractivity contribution is 0.0697. The Bertz CT molecular complexity index is 610. The first-order valence-corrected chi connectivity index (χ1v) is 5.64. The molecule has 2 N–H and O–H groups in total. The van der Waals surface area contributed by atoms with Crippen molar-refractivity contribution in [3.63, 3.8) is 0 Å². The summed E-state index contributed by atoms with van der Waals surface area (Å²) in [6.45, 7) is -0.248. The zero-order chi connectivity index (χ0) is 13.8. The molecule has 0 spiro atoms. The van der Waals surface area contributed by atoms with Crippen LogP contribution in [0.1, 0.15) is 16.1 Å². The van der Waals surface area contributed by atoms with Crippen molar-refractivity contribution in [2.24, 2.45) is 0 Å². The van der Waals surface area contributed by atoms with E-state index in [1.165, 1.54) is 13.3 Å². The summed E-state index contributed by atoms with van der Waals surface area (Å²) in [6.07, 6.45) is 1.25. The fourth-order valence-electron chi connectivity index (χ4n) is 1.85. The Kier molecular flexibility index (Phi) is 3.77. The van der Waals surface area contributed by atoms with Crippen LogP contribution in [0, 0.1) is 0 Å². The number of nitrogens with zero attached hydrogens (tertiary/aromatic N) is 1. The average Bonchev–Trinajstić information content (AvgIpc) is 2.46. The molecule has 0 radical (unpaired) electrons. The Morgan fingerprint density at radius 2 is 2.05 bits per heavy atom. The van der Waals surface area contributed by atoms with Crippen LogP contribution >= 0.6 is 0 Å². The highest BCUT2D eigenvalue weighted by Gasteiger charge is 2.16. The van der Waals surface area contributed by atoms with Crippen molar-refractivity contribution < 1.29 is 19.7 Å². The van der Waals surface area contributed by atoms with E-state index < -0.39 is 5.97 Å². The molecule has 0 atom stereocenters. The van der Waals surface area contributed by atoms with Crippen LogP contribution in [0.4, 0.5) is 0 Å². The first-order valence-electron chi connectivity index (χ1n) is 5.64. The van der Waals surface area contributed by atoms with Crippen molar-refractivity contribution in [1.82, 2.24) is 4.98 Å². The van der Waals surface area contributed by atoms with Crippen LogP contribution < -0.4 is 4.74 Å². The minimum atomic E-state index is -1.07. The van der Waals surface area contributed by atoms with Crippen LogP contribution in [0.2, 0.25) is 0 Å². The molecule has 2 rings (SSSR count). The SMILES string of the molecule is COc1ccccc1-c1cc(CO)ncc1C(=O)O. The molecule has 0 fully saturated rings. The van der Waals surface area contributed by atoms with E-state index in [9.17, 15) is 9.90 Å².